The number of hydrogen-bond acceptors (Lipinski definition) is 6. The monoisotopic (exact) mass is 442 g/mol. The fraction of sp³-hybridized carbons (Fsp3) is 0.208. The molecule has 0 saturated carbocycles. The van der Waals surface area contributed by atoms with Gasteiger partial charge in [-0.05, 0) is 37.1 Å². The highest BCUT2D eigenvalue weighted by Gasteiger charge is 2.46. The van der Waals surface area contributed by atoms with Crippen molar-refractivity contribution in [2.45, 2.75) is 25.9 Å². The van der Waals surface area contributed by atoms with Crippen LogP contribution in [0.4, 0.5) is 0 Å². The molecular formula is C24H22N6O3. The predicted octanol–water partition coefficient (Wildman–Crippen LogP) is 2.75. The van der Waals surface area contributed by atoms with Crippen molar-refractivity contribution >= 4 is 23.1 Å². The van der Waals surface area contributed by atoms with Crippen molar-refractivity contribution in [1.82, 2.24) is 28.8 Å². The Morgan fingerprint density at radius 1 is 1.06 bits per heavy atom. The topological polar surface area (TPSA) is 106 Å². The molecule has 1 amide bonds. The number of rotatable bonds is 6. The van der Waals surface area contributed by atoms with Crippen molar-refractivity contribution in [2.75, 3.05) is 6.54 Å². The average Bonchev–Trinajstić information content (AvgIpc) is 3.52. The lowest BCUT2D eigenvalue weighted by molar-refractivity contribution is -0.139. The van der Waals surface area contributed by atoms with E-state index in [4.69, 9.17) is 0 Å². The minimum absolute atomic E-state index is 0.0457. The van der Waals surface area contributed by atoms with E-state index in [1.165, 1.54) is 4.90 Å². The van der Waals surface area contributed by atoms with Crippen LogP contribution in [-0.4, -0.2) is 52.2 Å². The van der Waals surface area contributed by atoms with Crippen LogP contribution in [0.1, 0.15) is 29.4 Å². The number of aryl methyl sites for hydroxylation is 2. The van der Waals surface area contributed by atoms with E-state index in [1.54, 1.807) is 54.6 Å². The molecule has 1 saturated heterocycles. The first-order chi connectivity index (χ1) is 16.1. The lowest BCUT2D eigenvalue weighted by Crippen LogP contribution is -2.31. The van der Waals surface area contributed by atoms with Crippen LogP contribution < -0.4 is 0 Å². The fourth-order valence-electron chi connectivity index (χ4n) is 4.36. The SMILES string of the molecule is Cc1nc2ccccn2c1/C(O)=C1\C(=O)C(=O)N(CCCn2ccnc2)C1c1cccnc1. The Morgan fingerprint density at radius 2 is 1.94 bits per heavy atom. The van der Waals surface area contributed by atoms with Gasteiger partial charge < -0.3 is 14.6 Å². The first-order valence-electron chi connectivity index (χ1n) is 10.6. The van der Waals surface area contributed by atoms with E-state index < -0.39 is 17.7 Å². The van der Waals surface area contributed by atoms with Gasteiger partial charge in [-0.2, -0.15) is 0 Å². The predicted molar refractivity (Wildman–Crippen MR) is 120 cm³/mol. The second-order valence-corrected chi connectivity index (χ2v) is 7.91. The van der Waals surface area contributed by atoms with E-state index in [0.717, 1.165) is 0 Å². The zero-order valence-corrected chi connectivity index (χ0v) is 18.0. The van der Waals surface area contributed by atoms with Crippen LogP contribution in [0, 0.1) is 6.92 Å². The maximum absolute atomic E-state index is 13.2. The zero-order chi connectivity index (χ0) is 22.9. The van der Waals surface area contributed by atoms with Crippen molar-refractivity contribution in [3.05, 3.63) is 90.2 Å². The molecule has 5 rings (SSSR count). The van der Waals surface area contributed by atoms with E-state index in [9.17, 15) is 14.7 Å². The van der Waals surface area contributed by atoms with Crippen molar-refractivity contribution in [3.63, 3.8) is 0 Å². The number of likely N-dealkylation sites (tertiary alicyclic amines) is 1. The highest BCUT2D eigenvalue weighted by Crippen LogP contribution is 2.39. The number of nitrogens with zero attached hydrogens (tertiary/aromatic N) is 6. The Kier molecular flexibility index (Phi) is 5.21. The van der Waals surface area contributed by atoms with Gasteiger partial charge in [0.15, 0.2) is 5.76 Å². The van der Waals surface area contributed by atoms with Crippen molar-refractivity contribution in [3.8, 4) is 0 Å². The molecule has 166 valence electrons. The first-order valence-corrected chi connectivity index (χ1v) is 10.6. The highest BCUT2D eigenvalue weighted by molar-refractivity contribution is 6.46. The van der Waals surface area contributed by atoms with Crippen LogP contribution in [-0.2, 0) is 16.1 Å². The molecule has 0 spiro atoms. The molecule has 4 aromatic rings. The van der Waals surface area contributed by atoms with Crippen molar-refractivity contribution in [1.29, 1.82) is 0 Å². The highest BCUT2D eigenvalue weighted by atomic mass is 16.3. The molecule has 1 fully saturated rings. The molecule has 1 aliphatic heterocycles. The average molecular weight is 442 g/mol. The third-order valence-corrected chi connectivity index (χ3v) is 5.84. The number of aromatic nitrogens is 5. The Bertz CT molecular complexity index is 1360. The number of carbonyl (C=O) groups excluding carboxylic acids is 2. The van der Waals surface area contributed by atoms with Crippen LogP contribution in [0.2, 0.25) is 0 Å². The molecule has 1 N–H and O–H groups in total. The fourth-order valence-corrected chi connectivity index (χ4v) is 4.36. The lowest BCUT2D eigenvalue weighted by Gasteiger charge is -2.25. The largest absolute Gasteiger partial charge is 0.505 e. The molecule has 0 radical (unpaired) electrons. The standard InChI is InChI=1S/C24H22N6O3/c1-16-20(29-11-3-2-7-18(29)27-16)22(31)19-21(17-6-4-8-25-14-17)30(24(33)23(19)32)12-5-10-28-13-9-26-15-28/h2-4,6-9,11,13-15,21,31H,5,10,12H2,1H3/b22-19+. The molecule has 9 nitrogen and oxygen atoms in total. The summed E-state index contributed by atoms with van der Waals surface area (Å²) in [5.41, 5.74) is 2.31. The van der Waals surface area contributed by atoms with Gasteiger partial charge in [0, 0.05) is 44.1 Å². The van der Waals surface area contributed by atoms with E-state index in [-0.39, 0.29) is 11.3 Å². The normalized spacial score (nSPS) is 17.8. The van der Waals surface area contributed by atoms with Crippen LogP contribution in [0.3, 0.4) is 0 Å². The van der Waals surface area contributed by atoms with Gasteiger partial charge in [-0.1, -0.05) is 12.1 Å². The van der Waals surface area contributed by atoms with Gasteiger partial charge in [-0.25, -0.2) is 9.97 Å². The number of pyridine rings is 2. The molecular weight excluding hydrogens is 420 g/mol. The number of hydrogen-bond donors (Lipinski definition) is 1. The molecule has 0 aliphatic carbocycles. The summed E-state index contributed by atoms with van der Waals surface area (Å²) in [7, 11) is 0. The molecule has 4 aromatic heterocycles. The summed E-state index contributed by atoms with van der Waals surface area (Å²) < 4.78 is 3.63. The van der Waals surface area contributed by atoms with Gasteiger partial charge >= 0.3 is 0 Å². The number of aliphatic hydroxyl groups excluding tert-OH is 1. The number of ketones is 1. The third kappa shape index (κ3) is 3.57. The Balaban J connectivity index is 1.59. The number of Topliss-reactive ketones (excluding diaryl/α,β-unsaturated/α-hetero) is 1. The molecule has 33 heavy (non-hydrogen) atoms. The van der Waals surface area contributed by atoms with Crippen LogP contribution >= 0.6 is 0 Å². The van der Waals surface area contributed by atoms with Gasteiger partial charge in [0.2, 0.25) is 0 Å². The molecule has 0 aromatic carbocycles. The molecule has 1 unspecified atom stereocenters. The van der Waals surface area contributed by atoms with E-state index in [1.807, 2.05) is 29.0 Å². The number of imidazole rings is 2. The molecule has 1 aliphatic rings. The van der Waals surface area contributed by atoms with Gasteiger partial charge in [-0.15, -0.1) is 0 Å². The minimum atomic E-state index is -0.741. The molecule has 9 heteroatoms. The third-order valence-electron chi connectivity index (χ3n) is 5.84. The van der Waals surface area contributed by atoms with E-state index in [0.29, 0.717) is 42.1 Å². The lowest BCUT2D eigenvalue weighted by atomic mass is 9.97. The van der Waals surface area contributed by atoms with Crippen molar-refractivity contribution < 1.29 is 14.7 Å². The number of fused-ring (bicyclic) bond motifs is 1. The number of amides is 1. The maximum Gasteiger partial charge on any atom is 0.295 e. The van der Waals surface area contributed by atoms with Gasteiger partial charge in [0.05, 0.1) is 23.6 Å². The Hall–Kier alpha value is -4.27. The quantitative estimate of drug-likeness (QED) is 0.280. The minimum Gasteiger partial charge on any atom is -0.505 e. The number of aliphatic hydroxyl groups is 1. The van der Waals surface area contributed by atoms with Gasteiger partial charge in [-0.3, -0.25) is 19.0 Å². The summed E-state index contributed by atoms with van der Waals surface area (Å²) in [6.07, 6.45) is 10.9. The van der Waals surface area contributed by atoms with Gasteiger partial charge in [0.25, 0.3) is 11.7 Å². The van der Waals surface area contributed by atoms with Crippen molar-refractivity contribution in [2.24, 2.45) is 0 Å². The van der Waals surface area contributed by atoms with Gasteiger partial charge in [0.1, 0.15) is 11.3 Å². The first kappa shape index (κ1) is 20.6. The second-order valence-electron chi connectivity index (χ2n) is 7.91. The Morgan fingerprint density at radius 3 is 2.70 bits per heavy atom. The van der Waals surface area contributed by atoms with E-state index >= 15 is 0 Å². The number of carbonyl (C=O) groups is 2. The summed E-state index contributed by atoms with van der Waals surface area (Å²) in [5, 5.41) is 11.4. The summed E-state index contributed by atoms with van der Waals surface area (Å²) >= 11 is 0. The molecule has 5 heterocycles. The zero-order valence-electron chi connectivity index (χ0n) is 18.0. The molecule has 0 bridgehead atoms. The molecule has 1 atom stereocenters. The van der Waals surface area contributed by atoms with Crippen LogP contribution in [0.5, 0.6) is 0 Å². The maximum atomic E-state index is 13.2. The second kappa shape index (κ2) is 8.34. The summed E-state index contributed by atoms with van der Waals surface area (Å²) in [4.78, 5) is 40.5. The Labute approximate surface area is 189 Å². The smallest absolute Gasteiger partial charge is 0.295 e. The summed E-state index contributed by atoms with van der Waals surface area (Å²) in [5.74, 6) is -1.59. The van der Waals surface area contributed by atoms with Crippen LogP contribution in [0.25, 0.3) is 11.4 Å². The summed E-state index contributed by atoms with van der Waals surface area (Å²) in [6, 6.07) is 8.30. The summed E-state index contributed by atoms with van der Waals surface area (Å²) in [6.45, 7) is 2.75. The van der Waals surface area contributed by atoms with E-state index in [2.05, 4.69) is 15.0 Å². The van der Waals surface area contributed by atoms with Crippen LogP contribution in [0.15, 0.2) is 73.2 Å².